The second kappa shape index (κ2) is 8.24. The minimum absolute atomic E-state index is 0.0394. The van der Waals surface area contributed by atoms with Gasteiger partial charge in [-0.2, -0.15) is 11.8 Å². The van der Waals surface area contributed by atoms with Crippen LogP contribution in [0.4, 0.5) is 0 Å². The van der Waals surface area contributed by atoms with Gasteiger partial charge in [0.1, 0.15) is 12.0 Å². The quantitative estimate of drug-likeness (QED) is 0.844. The van der Waals surface area contributed by atoms with Crippen LogP contribution in [0, 0.1) is 0 Å². The molecule has 0 unspecified atom stereocenters. The Morgan fingerprint density at radius 2 is 2.18 bits per heavy atom. The van der Waals surface area contributed by atoms with E-state index < -0.39 is 0 Å². The third kappa shape index (κ3) is 5.38. The van der Waals surface area contributed by atoms with Crippen LogP contribution in [0.2, 0.25) is 0 Å². The van der Waals surface area contributed by atoms with Crippen LogP contribution in [0.1, 0.15) is 19.6 Å². The van der Waals surface area contributed by atoms with Gasteiger partial charge < -0.3 is 14.5 Å². The molecule has 0 spiro atoms. The van der Waals surface area contributed by atoms with Gasteiger partial charge in [0.15, 0.2) is 6.61 Å². The zero-order valence-corrected chi connectivity index (χ0v) is 13.8. The Labute approximate surface area is 134 Å². The molecule has 0 bridgehead atoms. The van der Waals surface area contributed by atoms with Crippen molar-refractivity contribution < 1.29 is 13.9 Å². The van der Waals surface area contributed by atoms with Crippen molar-refractivity contribution in [2.45, 2.75) is 26.4 Å². The summed E-state index contributed by atoms with van der Waals surface area (Å²) in [6.07, 6.45) is 1.29. The second-order valence-corrected chi connectivity index (χ2v) is 6.70. The minimum atomic E-state index is -0.260. The largest absolute Gasteiger partial charge is 0.477 e. The molecule has 2 heterocycles. The average molecular weight is 326 g/mol. The van der Waals surface area contributed by atoms with E-state index in [0.29, 0.717) is 12.3 Å². The molecule has 1 fully saturated rings. The molecule has 0 atom stereocenters. The number of ether oxygens (including phenoxy) is 1. The first-order valence-corrected chi connectivity index (χ1v) is 8.54. The number of nitrogens with one attached hydrogen (secondary N) is 1. The molecule has 2 rings (SSSR count). The summed E-state index contributed by atoms with van der Waals surface area (Å²) in [5.74, 6) is 2.64. The zero-order valence-electron chi connectivity index (χ0n) is 13.0. The van der Waals surface area contributed by atoms with E-state index in [-0.39, 0.29) is 29.7 Å². The summed E-state index contributed by atoms with van der Waals surface area (Å²) in [5.41, 5.74) is -0.259. The van der Waals surface area contributed by atoms with Crippen molar-refractivity contribution in [3.05, 3.63) is 28.3 Å². The van der Waals surface area contributed by atoms with Crippen LogP contribution in [-0.2, 0) is 11.3 Å². The number of thioether (sulfide) groups is 1. The van der Waals surface area contributed by atoms with Crippen molar-refractivity contribution >= 4 is 17.7 Å². The lowest BCUT2D eigenvalue weighted by Gasteiger charge is -2.25. The normalized spacial score (nSPS) is 15.8. The lowest BCUT2D eigenvalue weighted by atomic mass is 10.3. The summed E-state index contributed by atoms with van der Waals surface area (Å²) >= 11 is 1.94. The summed E-state index contributed by atoms with van der Waals surface area (Å²) in [6, 6.07) is 1.48. The predicted octanol–water partition coefficient (Wildman–Crippen LogP) is 1.09. The summed E-state index contributed by atoms with van der Waals surface area (Å²) in [4.78, 5) is 25.7. The van der Waals surface area contributed by atoms with E-state index in [1.165, 1.54) is 12.3 Å². The maximum absolute atomic E-state index is 12.0. The number of carbonyl (C=O) groups is 1. The van der Waals surface area contributed by atoms with Gasteiger partial charge in [0.25, 0.3) is 5.91 Å². The molecule has 1 amide bonds. The van der Waals surface area contributed by atoms with Gasteiger partial charge in [0.2, 0.25) is 11.2 Å². The van der Waals surface area contributed by atoms with E-state index in [2.05, 4.69) is 10.2 Å². The fraction of sp³-hybridized carbons (Fsp3) is 0.600. The van der Waals surface area contributed by atoms with Gasteiger partial charge in [-0.15, -0.1) is 0 Å². The van der Waals surface area contributed by atoms with Crippen molar-refractivity contribution in [2.75, 3.05) is 31.2 Å². The number of rotatable bonds is 6. The maximum atomic E-state index is 12.0. The van der Waals surface area contributed by atoms with Gasteiger partial charge in [-0.25, -0.2) is 0 Å². The van der Waals surface area contributed by atoms with E-state index in [1.807, 2.05) is 25.6 Å². The molecule has 122 valence electrons. The van der Waals surface area contributed by atoms with E-state index in [4.69, 9.17) is 9.15 Å². The van der Waals surface area contributed by atoms with E-state index in [9.17, 15) is 9.59 Å². The summed E-state index contributed by atoms with van der Waals surface area (Å²) in [7, 11) is 0. The molecule has 1 N–H and O–H groups in total. The number of hydrogen-bond donors (Lipinski definition) is 1. The van der Waals surface area contributed by atoms with Crippen molar-refractivity contribution in [1.82, 2.24) is 10.2 Å². The van der Waals surface area contributed by atoms with Crippen LogP contribution in [0.25, 0.3) is 0 Å². The SMILES string of the molecule is CC(C)NC(=O)COc1coc(CN2CCSCC2)cc1=O. The van der Waals surface area contributed by atoms with E-state index in [1.54, 1.807) is 0 Å². The Kier molecular flexibility index (Phi) is 6.33. The number of carbonyl (C=O) groups excluding carboxylic acids is 1. The average Bonchev–Trinajstić information content (AvgIpc) is 2.47. The molecule has 0 radical (unpaired) electrons. The van der Waals surface area contributed by atoms with Gasteiger partial charge >= 0.3 is 0 Å². The lowest BCUT2D eigenvalue weighted by Crippen LogP contribution is -2.34. The molecule has 1 aromatic rings. The van der Waals surface area contributed by atoms with Crippen LogP contribution in [0.3, 0.4) is 0 Å². The molecule has 7 heteroatoms. The van der Waals surface area contributed by atoms with Crippen molar-refractivity contribution in [1.29, 1.82) is 0 Å². The Balaban J connectivity index is 1.89. The first kappa shape index (κ1) is 16.9. The van der Waals surface area contributed by atoms with Crippen LogP contribution in [0.15, 0.2) is 21.5 Å². The molecule has 0 aliphatic carbocycles. The number of nitrogens with zero attached hydrogens (tertiary/aromatic N) is 1. The van der Waals surface area contributed by atoms with Crippen LogP contribution in [0.5, 0.6) is 5.75 Å². The van der Waals surface area contributed by atoms with Gasteiger partial charge in [-0.3, -0.25) is 14.5 Å². The highest BCUT2D eigenvalue weighted by Gasteiger charge is 2.13. The molecule has 0 aromatic carbocycles. The highest BCUT2D eigenvalue weighted by molar-refractivity contribution is 7.99. The predicted molar refractivity (Wildman–Crippen MR) is 86.4 cm³/mol. The standard InChI is InChI=1S/C15H22N2O4S/c1-11(2)16-15(19)10-21-14-9-20-12(7-13(14)18)8-17-3-5-22-6-4-17/h7,9,11H,3-6,8,10H2,1-2H3,(H,16,19). The van der Waals surface area contributed by atoms with Gasteiger partial charge in [0, 0.05) is 36.7 Å². The lowest BCUT2D eigenvalue weighted by molar-refractivity contribution is -0.123. The molecule has 1 aliphatic heterocycles. The molecule has 1 aliphatic rings. The zero-order chi connectivity index (χ0) is 15.9. The molecule has 0 saturated carbocycles. The summed E-state index contributed by atoms with van der Waals surface area (Å²) in [6.45, 7) is 6.17. The molecular weight excluding hydrogens is 304 g/mol. The Hall–Kier alpha value is -1.47. The maximum Gasteiger partial charge on any atom is 0.258 e. The molecule has 1 aromatic heterocycles. The highest BCUT2D eigenvalue weighted by atomic mass is 32.2. The summed E-state index contributed by atoms with van der Waals surface area (Å²) < 4.78 is 10.7. The summed E-state index contributed by atoms with van der Waals surface area (Å²) in [5, 5.41) is 2.69. The third-order valence-corrected chi connectivity index (χ3v) is 4.09. The van der Waals surface area contributed by atoms with Crippen LogP contribution < -0.4 is 15.5 Å². The fourth-order valence-corrected chi connectivity index (χ4v) is 3.09. The monoisotopic (exact) mass is 326 g/mol. The molecule has 1 saturated heterocycles. The molecule has 6 nitrogen and oxygen atoms in total. The third-order valence-electron chi connectivity index (χ3n) is 3.14. The smallest absolute Gasteiger partial charge is 0.258 e. The Morgan fingerprint density at radius 3 is 2.82 bits per heavy atom. The second-order valence-electron chi connectivity index (χ2n) is 5.47. The van der Waals surface area contributed by atoms with Crippen molar-refractivity contribution in [3.63, 3.8) is 0 Å². The first-order chi connectivity index (χ1) is 10.5. The first-order valence-electron chi connectivity index (χ1n) is 7.38. The van der Waals surface area contributed by atoms with Crippen LogP contribution >= 0.6 is 11.8 Å². The minimum Gasteiger partial charge on any atom is -0.477 e. The van der Waals surface area contributed by atoms with Gasteiger partial charge in [-0.1, -0.05) is 0 Å². The van der Waals surface area contributed by atoms with Gasteiger partial charge in [-0.05, 0) is 13.8 Å². The number of hydrogen-bond acceptors (Lipinski definition) is 6. The van der Waals surface area contributed by atoms with E-state index in [0.717, 1.165) is 24.6 Å². The molecule has 22 heavy (non-hydrogen) atoms. The topological polar surface area (TPSA) is 71.8 Å². The highest BCUT2D eigenvalue weighted by Crippen LogP contribution is 2.13. The van der Waals surface area contributed by atoms with Gasteiger partial charge in [0.05, 0.1) is 6.54 Å². The Morgan fingerprint density at radius 1 is 1.45 bits per heavy atom. The Bertz CT molecular complexity index is 553. The number of amides is 1. The van der Waals surface area contributed by atoms with Crippen molar-refractivity contribution in [3.8, 4) is 5.75 Å². The molecular formula is C15H22N2O4S. The van der Waals surface area contributed by atoms with Crippen molar-refractivity contribution in [2.24, 2.45) is 0 Å². The fourth-order valence-electron chi connectivity index (χ4n) is 2.11. The van der Waals surface area contributed by atoms with E-state index >= 15 is 0 Å². The van der Waals surface area contributed by atoms with Crippen LogP contribution in [-0.4, -0.2) is 48.1 Å².